The van der Waals surface area contributed by atoms with Crippen LogP contribution in [-0.2, 0) is 0 Å². The number of hydrogen-bond acceptors (Lipinski definition) is 3. The summed E-state index contributed by atoms with van der Waals surface area (Å²) in [5.41, 5.74) is 9.04. The number of rotatable bonds is 1. The molecule has 3 heteroatoms. The van der Waals surface area contributed by atoms with Crippen molar-refractivity contribution in [3.8, 4) is 23.2 Å². The molecule has 0 fully saturated rings. The Morgan fingerprint density at radius 1 is 1.04 bits per heavy atom. The topological polar surface area (TPSA) is 56.2 Å². The van der Waals surface area contributed by atoms with Crippen molar-refractivity contribution >= 4 is 5.69 Å². The Balaban J connectivity index is 2.12. The first-order chi connectivity index (χ1) is 11.0. The zero-order valence-corrected chi connectivity index (χ0v) is 13.1. The number of nitrogen functional groups attached to an aromatic ring is 1. The summed E-state index contributed by atoms with van der Waals surface area (Å²) in [6.45, 7) is 4.22. The molecule has 2 aliphatic rings. The molecule has 114 valence electrons. The van der Waals surface area contributed by atoms with Crippen molar-refractivity contribution in [1.29, 1.82) is 0 Å². The number of anilines is 1. The molecule has 23 heavy (non-hydrogen) atoms. The van der Waals surface area contributed by atoms with E-state index in [9.17, 15) is 4.79 Å². The van der Waals surface area contributed by atoms with E-state index in [4.69, 9.17) is 10.2 Å². The van der Waals surface area contributed by atoms with Crippen molar-refractivity contribution in [2.24, 2.45) is 0 Å². The van der Waals surface area contributed by atoms with Gasteiger partial charge in [0.15, 0.2) is 0 Å². The second-order valence-electron chi connectivity index (χ2n) is 5.74. The first-order valence-electron chi connectivity index (χ1n) is 7.49. The predicted octanol–water partition coefficient (Wildman–Crippen LogP) is 3.85. The molecule has 1 aliphatic carbocycles. The quantitative estimate of drug-likeness (QED) is 0.549. The number of benzene rings is 1. The molecule has 0 bridgehead atoms. The van der Waals surface area contributed by atoms with Crippen LogP contribution in [0, 0.1) is 11.8 Å². The average molecular weight is 303 g/mol. The second-order valence-corrected chi connectivity index (χ2v) is 5.74. The average Bonchev–Trinajstić information content (AvgIpc) is 2.69. The van der Waals surface area contributed by atoms with Crippen molar-refractivity contribution in [2.75, 3.05) is 5.73 Å². The lowest BCUT2D eigenvalue weighted by atomic mass is 10.0. The molecule has 0 unspecified atom stereocenters. The molecule has 1 aliphatic heterocycles. The summed E-state index contributed by atoms with van der Waals surface area (Å²) in [6.07, 6.45) is 0. The molecular weight excluding hydrogens is 286 g/mol. The van der Waals surface area contributed by atoms with Gasteiger partial charge in [-0.15, -0.1) is 0 Å². The van der Waals surface area contributed by atoms with Crippen LogP contribution in [-0.4, -0.2) is 0 Å². The Hall–Kier alpha value is -2.99. The van der Waals surface area contributed by atoms with Gasteiger partial charge in [0.2, 0.25) is 0 Å². The van der Waals surface area contributed by atoms with E-state index in [1.807, 2.05) is 30.3 Å². The standard InChI is InChI=1S/C20H17NO2/c1-13(2)15-4-3-5-19-18(12-15)17(20(22)23-19)11-8-14-6-9-16(21)10-7-14/h3-7,9-10,12-13H,21H2,1-2H3. The fraction of sp³-hybridized carbons (Fsp3) is 0.150. The molecule has 0 atom stereocenters. The Morgan fingerprint density at radius 2 is 1.78 bits per heavy atom. The zero-order chi connectivity index (χ0) is 16.4. The lowest BCUT2D eigenvalue weighted by Crippen LogP contribution is -1.96. The van der Waals surface area contributed by atoms with Gasteiger partial charge in [-0.25, -0.2) is 4.79 Å². The third kappa shape index (κ3) is 3.12. The van der Waals surface area contributed by atoms with Gasteiger partial charge in [0.05, 0.1) is 0 Å². The monoisotopic (exact) mass is 303 g/mol. The van der Waals surface area contributed by atoms with E-state index >= 15 is 0 Å². The lowest BCUT2D eigenvalue weighted by molar-refractivity contribution is 0.544. The third-order valence-electron chi connectivity index (χ3n) is 3.70. The summed E-state index contributed by atoms with van der Waals surface area (Å²) in [7, 11) is 0. The van der Waals surface area contributed by atoms with Gasteiger partial charge in [0, 0.05) is 16.8 Å². The highest BCUT2D eigenvalue weighted by Crippen LogP contribution is 2.26. The van der Waals surface area contributed by atoms with Crippen molar-refractivity contribution < 1.29 is 4.42 Å². The van der Waals surface area contributed by atoms with Crippen LogP contribution < -0.4 is 11.4 Å². The number of hydrogen-bond donors (Lipinski definition) is 1. The number of nitrogens with two attached hydrogens (primary N) is 1. The normalized spacial score (nSPS) is 10.6. The molecule has 0 aromatic heterocycles. The van der Waals surface area contributed by atoms with Crippen LogP contribution in [0.4, 0.5) is 5.69 Å². The number of fused-ring (bicyclic) bond motifs is 1. The lowest BCUT2D eigenvalue weighted by Gasteiger charge is -2.01. The Morgan fingerprint density at radius 3 is 2.48 bits per heavy atom. The highest BCUT2D eigenvalue weighted by Gasteiger charge is 2.16. The molecule has 0 amide bonds. The van der Waals surface area contributed by atoms with E-state index in [0.717, 1.165) is 16.7 Å². The molecule has 2 N–H and O–H groups in total. The smallest absolute Gasteiger partial charge is 0.352 e. The molecule has 0 spiro atoms. The fourth-order valence-electron chi connectivity index (χ4n) is 2.35. The van der Waals surface area contributed by atoms with Gasteiger partial charge in [0.25, 0.3) is 0 Å². The Labute approximate surface area is 135 Å². The molecular formula is C20H17NO2. The molecule has 1 heterocycles. The van der Waals surface area contributed by atoms with Gasteiger partial charge in [0.1, 0.15) is 11.3 Å². The van der Waals surface area contributed by atoms with E-state index in [1.54, 1.807) is 18.2 Å². The largest absolute Gasteiger partial charge is 0.422 e. The van der Waals surface area contributed by atoms with E-state index in [1.165, 1.54) is 0 Å². The van der Waals surface area contributed by atoms with Crippen LogP contribution in [0.1, 0.15) is 36.5 Å². The molecule has 3 rings (SSSR count). The highest BCUT2D eigenvalue weighted by atomic mass is 16.4. The summed E-state index contributed by atoms with van der Waals surface area (Å²) in [5.74, 6) is 6.87. The van der Waals surface area contributed by atoms with Crippen molar-refractivity contribution in [2.45, 2.75) is 19.8 Å². The van der Waals surface area contributed by atoms with Crippen molar-refractivity contribution in [3.63, 3.8) is 0 Å². The molecule has 1 aromatic carbocycles. The first-order valence-corrected chi connectivity index (χ1v) is 7.49. The van der Waals surface area contributed by atoms with Crippen LogP contribution in [0.3, 0.4) is 0 Å². The minimum absolute atomic E-state index is 0.355. The van der Waals surface area contributed by atoms with Crippen molar-refractivity contribution in [3.05, 3.63) is 75.6 Å². The second kappa shape index (κ2) is 6.02. The Bertz CT molecular complexity index is 924. The maximum atomic E-state index is 12.1. The maximum Gasteiger partial charge on any atom is 0.352 e. The summed E-state index contributed by atoms with van der Waals surface area (Å²) in [4.78, 5) is 12.1. The van der Waals surface area contributed by atoms with Crippen LogP contribution in [0.25, 0.3) is 11.3 Å². The SMILES string of the molecule is CC(C)c1cccc2oc(=O)c(C#Cc3ccc(N)cc3)c-2c1. The zero-order valence-electron chi connectivity index (χ0n) is 13.1. The van der Waals surface area contributed by atoms with E-state index in [2.05, 4.69) is 25.7 Å². The minimum atomic E-state index is -0.399. The van der Waals surface area contributed by atoms with Crippen LogP contribution in [0.5, 0.6) is 0 Å². The molecule has 0 saturated heterocycles. The van der Waals surface area contributed by atoms with Crippen LogP contribution >= 0.6 is 0 Å². The van der Waals surface area contributed by atoms with Gasteiger partial charge < -0.3 is 10.2 Å². The van der Waals surface area contributed by atoms with Crippen LogP contribution in [0.2, 0.25) is 0 Å². The maximum absolute atomic E-state index is 12.1. The molecule has 0 radical (unpaired) electrons. The minimum Gasteiger partial charge on any atom is -0.422 e. The van der Waals surface area contributed by atoms with E-state index < -0.39 is 5.63 Å². The third-order valence-corrected chi connectivity index (χ3v) is 3.70. The summed E-state index contributed by atoms with van der Waals surface area (Å²) in [5, 5.41) is 0. The molecule has 3 nitrogen and oxygen atoms in total. The number of furan rings is 1. The van der Waals surface area contributed by atoms with Crippen LogP contribution in [0.15, 0.2) is 57.7 Å². The van der Waals surface area contributed by atoms with Crippen molar-refractivity contribution in [1.82, 2.24) is 0 Å². The van der Waals surface area contributed by atoms with Gasteiger partial charge in [-0.1, -0.05) is 37.8 Å². The highest BCUT2D eigenvalue weighted by molar-refractivity contribution is 5.69. The van der Waals surface area contributed by atoms with Gasteiger partial charge >= 0.3 is 5.63 Å². The summed E-state index contributed by atoms with van der Waals surface area (Å²) in [6, 6.07) is 14.9. The predicted molar refractivity (Wildman–Crippen MR) is 92.5 cm³/mol. The molecule has 0 saturated carbocycles. The first kappa shape index (κ1) is 14.9. The van der Waals surface area contributed by atoms with E-state index in [-0.39, 0.29) is 0 Å². The summed E-state index contributed by atoms with van der Waals surface area (Å²) >= 11 is 0. The fourth-order valence-corrected chi connectivity index (χ4v) is 2.35. The van der Waals surface area contributed by atoms with E-state index in [0.29, 0.717) is 22.9 Å². The molecule has 1 aromatic rings. The van der Waals surface area contributed by atoms with Gasteiger partial charge in [-0.2, -0.15) is 0 Å². The summed E-state index contributed by atoms with van der Waals surface area (Å²) < 4.78 is 5.32. The van der Waals surface area contributed by atoms with Gasteiger partial charge in [-0.05, 0) is 47.9 Å². The van der Waals surface area contributed by atoms with Gasteiger partial charge in [-0.3, -0.25) is 0 Å². The Kier molecular flexibility index (Phi) is 3.91.